The van der Waals surface area contributed by atoms with E-state index in [0.717, 1.165) is 33.3 Å². The Balaban J connectivity index is 1.32. The van der Waals surface area contributed by atoms with E-state index in [1.807, 2.05) is 6.07 Å². The van der Waals surface area contributed by atoms with Crippen LogP contribution in [0, 0.1) is 0 Å². The van der Waals surface area contributed by atoms with E-state index in [2.05, 4.69) is 29.0 Å². The first-order valence-corrected chi connectivity index (χ1v) is 10.3. The number of rotatable bonds is 3. The molecule has 0 aliphatic carbocycles. The molecule has 144 valence electrons. The van der Waals surface area contributed by atoms with Gasteiger partial charge in [-0.3, -0.25) is 19.9 Å². The fourth-order valence-electron chi connectivity index (χ4n) is 3.10. The second kappa shape index (κ2) is 7.26. The van der Waals surface area contributed by atoms with E-state index < -0.39 is 0 Å². The highest BCUT2D eigenvalue weighted by molar-refractivity contribution is 7.15. The van der Waals surface area contributed by atoms with Crippen molar-refractivity contribution in [2.24, 2.45) is 0 Å². The van der Waals surface area contributed by atoms with Gasteiger partial charge in [0.15, 0.2) is 5.13 Å². The molecule has 3 aromatic heterocycles. The van der Waals surface area contributed by atoms with Gasteiger partial charge in [-0.25, -0.2) is 9.97 Å². The van der Waals surface area contributed by atoms with Crippen LogP contribution in [0.1, 0.15) is 31.4 Å². The van der Waals surface area contributed by atoms with E-state index in [-0.39, 0.29) is 17.5 Å². The van der Waals surface area contributed by atoms with Crippen molar-refractivity contribution in [2.75, 3.05) is 11.9 Å². The molecule has 0 spiro atoms. The van der Waals surface area contributed by atoms with Crippen LogP contribution in [-0.2, 0) is 13.0 Å². The Hall–Kier alpha value is -3.31. The number of hydrogen-bond acceptors (Lipinski definition) is 9. The van der Waals surface area contributed by atoms with Crippen LogP contribution in [0.25, 0.3) is 11.0 Å². The van der Waals surface area contributed by atoms with Crippen LogP contribution in [0.3, 0.4) is 0 Å². The summed E-state index contributed by atoms with van der Waals surface area (Å²) in [4.78, 5) is 40.3. The summed E-state index contributed by atoms with van der Waals surface area (Å²) in [5.74, 6) is -0.411. The predicted octanol–water partition coefficient (Wildman–Crippen LogP) is 2.39. The molecule has 2 amide bonds. The number of fused-ring (bicyclic) bond motifs is 2. The third kappa shape index (κ3) is 3.45. The van der Waals surface area contributed by atoms with E-state index in [1.165, 1.54) is 29.9 Å². The molecule has 0 bridgehead atoms. The summed E-state index contributed by atoms with van der Waals surface area (Å²) in [6, 6.07) is 5.37. The normalized spacial score (nSPS) is 13.3. The van der Waals surface area contributed by atoms with Crippen molar-refractivity contribution in [1.29, 1.82) is 0 Å². The lowest BCUT2D eigenvalue weighted by Gasteiger charge is -2.26. The maximum Gasteiger partial charge on any atom is 0.277 e. The molecule has 9 nitrogen and oxygen atoms in total. The summed E-state index contributed by atoms with van der Waals surface area (Å²) in [5.41, 5.74) is 3.25. The van der Waals surface area contributed by atoms with Gasteiger partial charge in [-0.1, -0.05) is 11.3 Å². The van der Waals surface area contributed by atoms with Gasteiger partial charge < -0.3 is 4.90 Å². The molecule has 1 aromatic carbocycles. The third-order valence-corrected chi connectivity index (χ3v) is 6.09. The minimum Gasteiger partial charge on any atom is -0.333 e. The van der Waals surface area contributed by atoms with Gasteiger partial charge in [-0.15, -0.1) is 0 Å². The molecule has 0 unspecified atom stereocenters. The fraction of sp³-hybridized carbons (Fsp3) is 0.167. The number of anilines is 1. The Kier molecular flexibility index (Phi) is 4.45. The Bertz CT molecular complexity index is 1220. The molecular formula is C18H13N7O2S2. The Labute approximate surface area is 172 Å². The molecule has 4 heterocycles. The number of hydrogen-bond donors (Lipinski definition) is 1. The largest absolute Gasteiger partial charge is 0.333 e. The summed E-state index contributed by atoms with van der Waals surface area (Å²) < 4.78 is 8.37. The quantitative estimate of drug-likeness (QED) is 0.538. The van der Waals surface area contributed by atoms with Crippen LogP contribution in [0.15, 0.2) is 36.8 Å². The molecule has 0 saturated carbocycles. The molecule has 11 heteroatoms. The number of amides is 2. The van der Waals surface area contributed by atoms with Gasteiger partial charge in [-0.05, 0) is 18.2 Å². The molecule has 0 fully saturated rings. The molecular weight excluding hydrogens is 410 g/mol. The van der Waals surface area contributed by atoms with Gasteiger partial charge in [0.2, 0.25) is 0 Å². The van der Waals surface area contributed by atoms with Crippen LogP contribution in [0.2, 0.25) is 0 Å². The Morgan fingerprint density at radius 1 is 1.14 bits per heavy atom. The zero-order valence-electron chi connectivity index (χ0n) is 14.9. The lowest BCUT2D eigenvalue weighted by atomic mass is 10.1. The number of carbonyl (C=O) groups excluding carboxylic acids is 2. The van der Waals surface area contributed by atoms with Crippen molar-refractivity contribution in [1.82, 2.24) is 28.6 Å². The van der Waals surface area contributed by atoms with Crippen molar-refractivity contribution in [3.63, 3.8) is 0 Å². The summed E-state index contributed by atoms with van der Waals surface area (Å²) in [7, 11) is 0. The van der Waals surface area contributed by atoms with Crippen molar-refractivity contribution in [3.05, 3.63) is 58.6 Å². The van der Waals surface area contributed by atoms with Crippen LogP contribution in [0.4, 0.5) is 5.13 Å². The number of thiazole rings is 1. The van der Waals surface area contributed by atoms with Crippen molar-refractivity contribution >= 4 is 51.0 Å². The fourth-order valence-corrected chi connectivity index (χ4v) is 4.63. The zero-order chi connectivity index (χ0) is 19.8. The highest BCUT2D eigenvalue weighted by Gasteiger charge is 2.26. The topological polar surface area (TPSA) is 114 Å². The Morgan fingerprint density at radius 2 is 2.03 bits per heavy atom. The SMILES string of the molecule is O=C(Nc1nc2c(s1)CN(C(=O)c1ccc3nsnc3c1)CC2)c1cnccn1. The van der Waals surface area contributed by atoms with Crippen LogP contribution in [0.5, 0.6) is 0 Å². The van der Waals surface area contributed by atoms with Crippen LogP contribution in [-0.4, -0.2) is 47.0 Å². The van der Waals surface area contributed by atoms with Crippen molar-refractivity contribution < 1.29 is 9.59 Å². The van der Waals surface area contributed by atoms with Gasteiger partial charge in [0.05, 0.1) is 30.2 Å². The van der Waals surface area contributed by atoms with Gasteiger partial charge in [0.25, 0.3) is 11.8 Å². The molecule has 0 radical (unpaired) electrons. The molecule has 0 saturated heterocycles. The second-order valence-corrected chi connectivity index (χ2v) is 7.99. The van der Waals surface area contributed by atoms with Crippen LogP contribution >= 0.6 is 23.1 Å². The number of benzene rings is 1. The molecule has 4 aromatic rings. The smallest absolute Gasteiger partial charge is 0.277 e. The van der Waals surface area contributed by atoms with Gasteiger partial charge in [-0.2, -0.15) is 8.75 Å². The minimum absolute atomic E-state index is 0.0518. The lowest BCUT2D eigenvalue weighted by molar-refractivity contribution is 0.0736. The molecule has 29 heavy (non-hydrogen) atoms. The van der Waals surface area contributed by atoms with E-state index in [1.54, 1.807) is 17.0 Å². The number of nitrogens with zero attached hydrogens (tertiary/aromatic N) is 6. The van der Waals surface area contributed by atoms with Gasteiger partial charge in [0.1, 0.15) is 16.7 Å². The molecule has 1 N–H and O–H groups in total. The molecule has 0 atom stereocenters. The average molecular weight is 423 g/mol. The van der Waals surface area contributed by atoms with Gasteiger partial charge in [0, 0.05) is 35.8 Å². The second-order valence-electron chi connectivity index (χ2n) is 6.38. The maximum atomic E-state index is 12.9. The zero-order valence-corrected chi connectivity index (χ0v) is 16.5. The predicted molar refractivity (Wildman–Crippen MR) is 108 cm³/mol. The molecule has 5 rings (SSSR count). The maximum absolute atomic E-state index is 12.9. The van der Waals surface area contributed by atoms with E-state index in [9.17, 15) is 9.59 Å². The van der Waals surface area contributed by atoms with Crippen LogP contribution < -0.4 is 5.32 Å². The van der Waals surface area contributed by atoms with E-state index in [0.29, 0.717) is 30.2 Å². The van der Waals surface area contributed by atoms with Crippen molar-refractivity contribution in [3.8, 4) is 0 Å². The third-order valence-electron chi connectivity index (χ3n) is 4.54. The molecule has 1 aliphatic heterocycles. The Morgan fingerprint density at radius 3 is 2.90 bits per heavy atom. The average Bonchev–Trinajstić information content (AvgIpc) is 3.38. The number of carbonyl (C=O) groups is 2. The van der Waals surface area contributed by atoms with E-state index >= 15 is 0 Å². The molecule has 1 aliphatic rings. The summed E-state index contributed by atoms with van der Waals surface area (Å²) in [6.07, 6.45) is 5.01. The first kappa shape index (κ1) is 17.8. The summed E-state index contributed by atoms with van der Waals surface area (Å²) >= 11 is 2.50. The summed E-state index contributed by atoms with van der Waals surface area (Å²) in [6.45, 7) is 1.03. The van der Waals surface area contributed by atoms with E-state index in [4.69, 9.17) is 0 Å². The lowest BCUT2D eigenvalue weighted by Crippen LogP contribution is -2.35. The van der Waals surface area contributed by atoms with Gasteiger partial charge >= 0.3 is 0 Å². The highest BCUT2D eigenvalue weighted by atomic mass is 32.1. The summed E-state index contributed by atoms with van der Waals surface area (Å²) in [5, 5.41) is 3.25. The first-order chi connectivity index (χ1) is 14.2. The minimum atomic E-state index is -0.359. The first-order valence-electron chi connectivity index (χ1n) is 8.75. The number of aromatic nitrogens is 5. The van der Waals surface area contributed by atoms with Crippen molar-refractivity contribution in [2.45, 2.75) is 13.0 Å². The number of nitrogens with one attached hydrogen (secondary N) is 1. The standard InChI is InChI=1S/C18H13N7O2S2/c26-16(14-8-19-4-5-20-14)22-18-21-12-3-6-25(9-15(12)28-18)17(27)10-1-2-11-13(7-10)24-29-23-11/h1-2,4-5,7-8H,3,6,9H2,(H,21,22,26). The highest BCUT2D eigenvalue weighted by Crippen LogP contribution is 2.29. The monoisotopic (exact) mass is 423 g/mol.